The van der Waals surface area contributed by atoms with Crippen LogP contribution >= 0.6 is 15.9 Å². The van der Waals surface area contributed by atoms with Crippen molar-refractivity contribution in [3.05, 3.63) is 27.7 Å². The summed E-state index contributed by atoms with van der Waals surface area (Å²) in [6.07, 6.45) is 0.162. The van der Waals surface area contributed by atoms with Crippen molar-refractivity contribution in [2.45, 2.75) is 20.0 Å². The van der Waals surface area contributed by atoms with Gasteiger partial charge in [-0.15, -0.1) is 0 Å². The summed E-state index contributed by atoms with van der Waals surface area (Å²) < 4.78 is 34.1. The predicted molar refractivity (Wildman–Crippen MR) is 66.5 cm³/mol. The molecule has 0 aliphatic heterocycles. The molecule has 0 aromatic heterocycles. The Morgan fingerprint density at radius 2 is 2.16 bits per heavy atom. The first-order valence-corrected chi connectivity index (χ1v) is 6.15. The van der Waals surface area contributed by atoms with Gasteiger partial charge in [-0.3, -0.25) is 9.59 Å². The molecule has 0 bridgehead atoms. The third-order valence-electron chi connectivity index (χ3n) is 2.18. The number of benzene rings is 1. The van der Waals surface area contributed by atoms with Gasteiger partial charge in [0.25, 0.3) is 0 Å². The Morgan fingerprint density at radius 1 is 1.47 bits per heavy atom. The fourth-order valence-corrected chi connectivity index (χ4v) is 1.94. The molecule has 0 heterocycles. The van der Waals surface area contributed by atoms with Gasteiger partial charge in [-0.25, -0.2) is 0 Å². The topological polar surface area (TPSA) is 52.6 Å². The molecule has 0 radical (unpaired) electrons. The van der Waals surface area contributed by atoms with E-state index in [4.69, 9.17) is 4.74 Å². The lowest BCUT2D eigenvalue weighted by Gasteiger charge is -2.13. The summed E-state index contributed by atoms with van der Waals surface area (Å²) in [6, 6.07) is 2.69. The summed E-state index contributed by atoms with van der Waals surface area (Å²) >= 11 is 3.07. The third kappa shape index (κ3) is 4.59. The number of halogens is 3. The maximum absolute atomic E-state index is 12.3. The minimum absolute atomic E-state index is 0.0805. The maximum atomic E-state index is 12.3. The van der Waals surface area contributed by atoms with E-state index in [9.17, 15) is 18.4 Å². The molecular formula is C12H11BrF2O4. The number of carbonyl (C=O) groups excluding carboxylic acids is 2. The van der Waals surface area contributed by atoms with E-state index in [1.807, 2.05) is 0 Å². The molecule has 0 aliphatic rings. The van der Waals surface area contributed by atoms with E-state index in [-0.39, 0.29) is 29.9 Å². The molecule has 19 heavy (non-hydrogen) atoms. The Labute approximate surface area is 116 Å². The lowest BCUT2D eigenvalue weighted by Crippen LogP contribution is -2.12. The molecule has 0 atom stereocenters. The van der Waals surface area contributed by atoms with Gasteiger partial charge in [0.2, 0.25) is 0 Å². The second-order valence-electron chi connectivity index (χ2n) is 3.45. The van der Waals surface area contributed by atoms with Crippen molar-refractivity contribution in [3.63, 3.8) is 0 Å². The van der Waals surface area contributed by atoms with E-state index < -0.39 is 12.6 Å². The van der Waals surface area contributed by atoms with Crippen LogP contribution in [0.2, 0.25) is 0 Å². The Bertz CT molecular complexity index is 477. The zero-order valence-corrected chi connectivity index (χ0v) is 11.6. The lowest BCUT2D eigenvalue weighted by atomic mass is 10.0. The summed E-state index contributed by atoms with van der Waals surface area (Å²) in [5, 5.41) is 0. The van der Waals surface area contributed by atoms with Crippen LogP contribution in [-0.2, 0) is 16.0 Å². The number of aldehydes is 1. The van der Waals surface area contributed by atoms with Gasteiger partial charge in [0, 0.05) is 15.6 Å². The van der Waals surface area contributed by atoms with Crippen LogP contribution in [0.3, 0.4) is 0 Å². The van der Waals surface area contributed by atoms with Gasteiger partial charge in [0.15, 0.2) is 6.29 Å². The van der Waals surface area contributed by atoms with Gasteiger partial charge in [0.1, 0.15) is 5.75 Å². The SMILES string of the molecule is CCOC(=O)Cc1c(C=O)cc(Br)cc1OC(F)F. The van der Waals surface area contributed by atoms with Gasteiger partial charge in [-0.05, 0) is 19.1 Å². The fourth-order valence-electron chi connectivity index (χ4n) is 1.48. The van der Waals surface area contributed by atoms with Crippen LogP contribution in [0.15, 0.2) is 16.6 Å². The highest BCUT2D eigenvalue weighted by Gasteiger charge is 2.18. The third-order valence-corrected chi connectivity index (χ3v) is 2.64. The molecule has 1 rings (SSSR count). The highest BCUT2D eigenvalue weighted by Crippen LogP contribution is 2.29. The highest BCUT2D eigenvalue weighted by atomic mass is 79.9. The molecule has 0 fully saturated rings. The van der Waals surface area contributed by atoms with Crippen LogP contribution in [0.4, 0.5) is 8.78 Å². The molecule has 4 nitrogen and oxygen atoms in total. The molecule has 0 amide bonds. The summed E-state index contributed by atoms with van der Waals surface area (Å²) in [5.41, 5.74) is 0.176. The smallest absolute Gasteiger partial charge is 0.387 e. The monoisotopic (exact) mass is 336 g/mol. The zero-order chi connectivity index (χ0) is 14.4. The van der Waals surface area contributed by atoms with E-state index in [1.165, 1.54) is 12.1 Å². The molecule has 104 valence electrons. The molecule has 0 N–H and O–H groups in total. The molecule has 0 spiro atoms. The number of ether oxygens (including phenoxy) is 2. The number of alkyl halides is 2. The number of rotatable bonds is 6. The first-order valence-electron chi connectivity index (χ1n) is 5.36. The average Bonchev–Trinajstić information content (AvgIpc) is 2.31. The van der Waals surface area contributed by atoms with Crippen molar-refractivity contribution in [1.82, 2.24) is 0 Å². The fraction of sp³-hybridized carbons (Fsp3) is 0.333. The normalized spacial score (nSPS) is 10.4. The Balaban J connectivity index is 3.15. The van der Waals surface area contributed by atoms with Crippen molar-refractivity contribution < 1.29 is 27.8 Å². The molecule has 0 aliphatic carbocycles. The second kappa shape index (κ2) is 7.18. The average molecular weight is 337 g/mol. The van der Waals surface area contributed by atoms with Crippen LogP contribution in [0, 0.1) is 0 Å². The van der Waals surface area contributed by atoms with Crippen molar-refractivity contribution >= 4 is 28.2 Å². The van der Waals surface area contributed by atoms with E-state index in [1.54, 1.807) is 6.92 Å². The number of hydrogen-bond donors (Lipinski definition) is 0. The molecule has 7 heteroatoms. The molecule has 1 aromatic carbocycles. The van der Waals surface area contributed by atoms with E-state index in [0.29, 0.717) is 10.8 Å². The van der Waals surface area contributed by atoms with Crippen LogP contribution < -0.4 is 4.74 Å². The Kier molecular flexibility index (Phi) is 5.88. The molecule has 1 aromatic rings. The number of hydrogen-bond acceptors (Lipinski definition) is 4. The van der Waals surface area contributed by atoms with E-state index in [2.05, 4.69) is 20.7 Å². The summed E-state index contributed by atoms with van der Waals surface area (Å²) in [7, 11) is 0. The lowest BCUT2D eigenvalue weighted by molar-refractivity contribution is -0.142. The quantitative estimate of drug-likeness (QED) is 0.592. The second-order valence-corrected chi connectivity index (χ2v) is 4.37. The molecule has 0 unspecified atom stereocenters. The van der Waals surface area contributed by atoms with Gasteiger partial charge >= 0.3 is 12.6 Å². The highest BCUT2D eigenvalue weighted by molar-refractivity contribution is 9.10. The Hall–Kier alpha value is -1.50. The van der Waals surface area contributed by atoms with Gasteiger partial charge in [0.05, 0.1) is 13.0 Å². The standard InChI is InChI=1S/C12H11BrF2O4/c1-2-18-11(17)5-9-7(6-16)3-8(13)4-10(9)19-12(14)15/h3-4,6,12H,2,5H2,1H3. The summed E-state index contributed by atoms with van der Waals surface area (Å²) in [4.78, 5) is 22.4. The first-order chi connectivity index (χ1) is 8.97. The summed E-state index contributed by atoms with van der Waals surface area (Å²) in [6.45, 7) is -1.26. The van der Waals surface area contributed by atoms with Crippen LogP contribution in [-0.4, -0.2) is 25.5 Å². The number of carbonyl (C=O) groups is 2. The van der Waals surface area contributed by atoms with Crippen LogP contribution in [0.25, 0.3) is 0 Å². The first kappa shape index (κ1) is 15.6. The van der Waals surface area contributed by atoms with Crippen molar-refractivity contribution in [2.24, 2.45) is 0 Å². The van der Waals surface area contributed by atoms with Crippen LogP contribution in [0.5, 0.6) is 5.75 Å². The summed E-state index contributed by atoms with van der Waals surface area (Å²) in [5.74, 6) is -0.841. The van der Waals surface area contributed by atoms with Crippen LogP contribution in [0.1, 0.15) is 22.8 Å². The van der Waals surface area contributed by atoms with Gasteiger partial charge in [-0.2, -0.15) is 8.78 Å². The Morgan fingerprint density at radius 3 is 2.68 bits per heavy atom. The predicted octanol–water partition coefficient (Wildman–Crippen LogP) is 2.97. The molecular weight excluding hydrogens is 326 g/mol. The minimum atomic E-state index is -3.05. The van der Waals surface area contributed by atoms with E-state index in [0.717, 1.165) is 0 Å². The maximum Gasteiger partial charge on any atom is 0.387 e. The molecule has 0 saturated carbocycles. The number of esters is 1. The van der Waals surface area contributed by atoms with E-state index >= 15 is 0 Å². The van der Waals surface area contributed by atoms with Crippen molar-refractivity contribution in [3.8, 4) is 5.75 Å². The molecule has 0 saturated heterocycles. The zero-order valence-electron chi connectivity index (χ0n) is 9.99. The van der Waals surface area contributed by atoms with Crippen molar-refractivity contribution in [2.75, 3.05) is 6.61 Å². The largest absolute Gasteiger partial charge is 0.466 e. The minimum Gasteiger partial charge on any atom is -0.466 e. The van der Waals surface area contributed by atoms with Crippen molar-refractivity contribution in [1.29, 1.82) is 0 Å². The van der Waals surface area contributed by atoms with Gasteiger partial charge < -0.3 is 9.47 Å². The van der Waals surface area contributed by atoms with Gasteiger partial charge in [-0.1, -0.05) is 15.9 Å².